The Morgan fingerprint density at radius 2 is 2.22 bits per heavy atom. The summed E-state index contributed by atoms with van der Waals surface area (Å²) in [5.41, 5.74) is 0.121. The van der Waals surface area contributed by atoms with E-state index in [1.807, 2.05) is 6.92 Å². The van der Waals surface area contributed by atoms with E-state index in [-0.39, 0.29) is 27.7 Å². The van der Waals surface area contributed by atoms with Gasteiger partial charge >= 0.3 is 0 Å². The minimum atomic E-state index is -0.313. The maximum atomic E-state index is 12.2. The second kappa shape index (κ2) is 6.58. The van der Waals surface area contributed by atoms with Crippen LogP contribution in [0.3, 0.4) is 0 Å². The topological polar surface area (TPSA) is 57.0 Å². The quantitative estimate of drug-likeness (QED) is 0.799. The van der Waals surface area contributed by atoms with Crippen LogP contribution in [0.5, 0.6) is 0 Å². The first-order valence-electron chi connectivity index (χ1n) is 5.50. The molecule has 1 unspecified atom stereocenters. The molecule has 0 aromatic carbocycles. The number of hydrogen-bond acceptors (Lipinski definition) is 3. The summed E-state index contributed by atoms with van der Waals surface area (Å²) in [6.07, 6.45) is 0. The molecule has 1 rings (SSSR count). The predicted octanol–water partition coefficient (Wildman–Crippen LogP) is 3.01. The normalized spacial score (nSPS) is 11.7. The van der Waals surface area contributed by atoms with Crippen LogP contribution in [0.25, 0.3) is 0 Å². The number of carbonyl (C=O) groups is 1. The van der Waals surface area contributed by atoms with Crippen molar-refractivity contribution in [2.75, 3.05) is 13.1 Å². The van der Waals surface area contributed by atoms with Gasteiger partial charge in [0.1, 0.15) is 10.8 Å². The van der Waals surface area contributed by atoms with Crippen LogP contribution in [-0.2, 0) is 0 Å². The SMILES string of the molecule is CCN(CC(C)C#N)C(=O)c1nc(Cl)ccc1Cl. The van der Waals surface area contributed by atoms with Gasteiger partial charge in [0.2, 0.25) is 0 Å². The van der Waals surface area contributed by atoms with Gasteiger partial charge < -0.3 is 4.90 Å². The van der Waals surface area contributed by atoms with E-state index in [1.54, 1.807) is 6.92 Å². The molecule has 4 nitrogen and oxygen atoms in total. The molecule has 0 saturated heterocycles. The Morgan fingerprint density at radius 3 is 2.78 bits per heavy atom. The molecule has 1 aromatic heterocycles. The molecule has 1 heterocycles. The number of amides is 1. The zero-order valence-corrected chi connectivity index (χ0v) is 11.7. The molecular weight excluding hydrogens is 273 g/mol. The molecule has 1 aromatic rings. The third-order valence-electron chi connectivity index (χ3n) is 2.40. The molecule has 0 aliphatic carbocycles. The maximum Gasteiger partial charge on any atom is 0.274 e. The molecule has 0 radical (unpaired) electrons. The molecule has 96 valence electrons. The summed E-state index contributed by atoms with van der Waals surface area (Å²) < 4.78 is 0. The minimum absolute atomic E-state index is 0.121. The molecule has 0 saturated carbocycles. The van der Waals surface area contributed by atoms with Gasteiger partial charge in [-0.1, -0.05) is 23.2 Å². The van der Waals surface area contributed by atoms with Crippen molar-refractivity contribution < 1.29 is 4.79 Å². The van der Waals surface area contributed by atoms with E-state index in [4.69, 9.17) is 28.5 Å². The molecule has 0 bridgehead atoms. The van der Waals surface area contributed by atoms with Gasteiger partial charge in [0.15, 0.2) is 0 Å². The Labute approximate surface area is 116 Å². The molecule has 1 amide bonds. The Bertz CT molecular complexity index is 485. The Morgan fingerprint density at radius 1 is 1.56 bits per heavy atom. The van der Waals surface area contributed by atoms with Crippen molar-refractivity contribution in [3.8, 4) is 6.07 Å². The van der Waals surface area contributed by atoms with E-state index < -0.39 is 0 Å². The second-order valence-electron chi connectivity index (χ2n) is 3.84. The van der Waals surface area contributed by atoms with Crippen LogP contribution in [0.2, 0.25) is 10.2 Å². The molecule has 0 N–H and O–H groups in total. The van der Waals surface area contributed by atoms with E-state index in [0.29, 0.717) is 13.1 Å². The van der Waals surface area contributed by atoms with E-state index in [9.17, 15) is 4.79 Å². The van der Waals surface area contributed by atoms with Gasteiger partial charge in [-0.15, -0.1) is 0 Å². The highest BCUT2D eigenvalue weighted by Gasteiger charge is 2.20. The minimum Gasteiger partial charge on any atom is -0.336 e. The first kappa shape index (κ1) is 14.7. The summed E-state index contributed by atoms with van der Waals surface area (Å²) in [5, 5.41) is 9.25. The molecule has 0 aliphatic rings. The van der Waals surface area contributed by atoms with Crippen LogP contribution in [0.15, 0.2) is 12.1 Å². The van der Waals surface area contributed by atoms with E-state index >= 15 is 0 Å². The van der Waals surface area contributed by atoms with Gasteiger partial charge in [-0.05, 0) is 26.0 Å². The number of carbonyl (C=O) groups excluding carboxylic acids is 1. The van der Waals surface area contributed by atoms with Crippen molar-refractivity contribution in [1.29, 1.82) is 5.26 Å². The lowest BCUT2D eigenvalue weighted by atomic mass is 10.2. The fraction of sp³-hybridized carbons (Fsp3) is 0.417. The lowest BCUT2D eigenvalue weighted by Gasteiger charge is -2.21. The van der Waals surface area contributed by atoms with E-state index in [1.165, 1.54) is 17.0 Å². The third-order valence-corrected chi connectivity index (χ3v) is 2.91. The van der Waals surface area contributed by atoms with Gasteiger partial charge in [-0.2, -0.15) is 5.26 Å². The highest BCUT2D eigenvalue weighted by Crippen LogP contribution is 2.19. The average molecular weight is 286 g/mol. The average Bonchev–Trinajstić information content (AvgIpc) is 2.37. The zero-order chi connectivity index (χ0) is 13.7. The lowest BCUT2D eigenvalue weighted by Crippen LogP contribution is -2.35. The van der Waals surface area contributed by atoms with Crippen LogP contribution >= 0.6 is 23.2 Å². The molecule has 0 aliphatic heterocycles. The summed E-state index contributed by atoms with van der Waals surface area (Å²) >= 11 is 11.7. The largest absolute Gasteiger partial charge is 0.336 e. The molecule has 0 spiro atoms. The lowest BCUT2D eigenvalue weighted by molar-refractivity contribution is 0.0747. The molecule has 0 fully saturated rings. The summed E-state index contributed by atoms with van der Waals surface area (Å²) in [6.45, 7) is 4.41. The standard InChI is InChI=1S/C12H13Cl2N3O/c1-3-17(7-8(2)6-15)12(18)11-9(13)4-5-10(14)16-11/h4-5,8H,3,7H2,1-2H3. The van der Waals surface area contributed by atoms with Gasteiger partial charge in [0, 0.05) is 13.1 Å². The molecule has 1 atom stereocenters. The first-order chi connectivity index (χ1) is 8.49. The summed E-state index contributed by atoms with van der Waals surface area (Å²) in [4.78, 5) is 17.7. The van der Waals surface area contributed by atoms with Crippen molar-refractivity contribution in [3.63, 3.8) is 0 Å². The number of nitriles is 1. The second-order valence-corrected chi connectivity index (χ2v) is 4.63. The van der Waals surface area contributed by atoms with Crippen LogP contribution in [-0.4, -0.2) is 28.9 Å². The van der Waals surface area contributed by atoms with Crippen LogP contribution in [0.1, 0.15) is 24.3 Å². The highest BCUT2D eigenvalue weighted by atomic mass is 35.5. The smallest absolute Gasteiger partial charge is 0.274 e. The zero-order valence-electron chi connectivity index (χ0n) is 10.2. The van der Waals surface area contributed by atoms with Crippen molar-refractivity contribution in [2.45, 2.75) is 13.8 Å². The van der Waals surface area contributed by atoms with Crippen LogP contribution in [0.4, 0.5) is 0 Å². The van der Waals surface area contributed by atoms with E-state index in [2.05, 4.69) is 11.1 Å². The third kappa shape index (κ3) is 3.59. The Balaban J connectivity index is 2.97. The van der Waals surface area contributed by atoms with Gasteiger partial charge in [0.25, 0.3) is 5.91 Å². The van der Waals surface area contributed by atoms with Crippen molar-refractivity contribution in [3.05, 3.63) is 28.0 Å². The summed E-state index contributed by atoms with van der Waals surface area (Å²) in [7, 11) is 0. The Hall–Kier alpha value is -1.31. The fourth-order valence-electron chi connectivity index (χ4n) is 1.45. The number of rotatable bonds is 4. The summed E-state index contributed by atoms with van der Waals surface area (Å²) in [5.74, 6) is -0.557. The van der Waals surface area contributed by atoms with Crippen LogP contribution < -0.4 is 0 Å². The number of hydrogen-bond donors (Lipinski definition) is 0. The van der Waals surface area contributed by atoms with Crippen molar-refractivity contribution in [2.24, 2.45) is 5.92 Å². The van der Waals surface area contributed by atoms with Crippen molar-refractivity contribution >= 4 is 29.1 Å². The molecule has 18 heavy (non-hydrogen) atoms. The molecule has 6 heteroatoms. The predicted molar refractivity (Wildman–Crippen MR) is 70.6 cm³/mol. The monoisotopic (exact) mass is 285 g/mol. The fourth-order valence-corrected chi connectivity index (χ4v) is 1.78. The van der Waals surface area contributed by atoms with E-state index in [0.717, 1.165) is 0 Å². The first-order valence-corrected chi connectivity index (χ1v) is 6.26. The maximum absolute atomic E-state index is 12.2. The highest BCUT2D eigenvalue weighted by molar-refractivity contribution is 6.34. The van der Waals surface area contributed by atoms with Gasteiger partial charge in [-0.25, -0.2) is 4.98 Å². The number of pyridine rings is 1. The molecular formula is C12H13Cl2N3O. The number of aromatic nitrogens is 1. The van der Waals surface area contributed by atoms with Crippen LogP contribution in [0, 0.1) is 17.2 Å². The number of nitrogens with zero attached hydrogens (tertiary/aromatic N) is 3. The number of halogens is 2. The van der Waals surface area contributed by atoms with Gasteiger partial charge in [0.05, 0.1) is 17.0 Å². The van der Waals surface area contributed by atoms with Gasteiger partial charge in [-0.3, -0.25) is 4.79 Å². The van der Waals surface area contributed by atoms with Crippen molar-refractivity contribution in [1.82, 2.24) is 9.88 Å². The summed E-state index contributed by atoms with van der Waals surface area (Å²) in [6, 6.07) is 5.14. The Kier molecular flexibility index (Phi) is 5.39.